The van der Waals surface area contributed by atoms with Crippen LogP contribution in [0.4, 0.5) is 8.78 Å². The minimum absolute atomic E-state index is 0.0250. The Kier molecular flexibility index (Phi) is 5.82. The number of hydrogen-bond donors (Lipinski definition) is 2. The molecule has 0 bridgehead atoms. The van der Waals surface area contributed by atoms with E-state index in [0.29, 0.717) is 0 Å². The zero-order valence-corrected chi connectivity index (χ0v) is 11.9. The van der Waals surface area contributed by atoms with Gasteiger partial charge in [-0.2, -0.15) is 8.78 Å². The number of nitrogens with two attached hydrogens (primary N) is 1. The molecule has 0 fully saturated rings. The molecule has 1 aromatic carbocycles. The normalized spacial score (nSPS) is 12.3. The molecule has 0 aliphatic heterocycles. The summed E-state index contributed by atoms with van der Waals surface area (Å²) in [5, 5.41) is 2.66. The maximum Gasteiger partial charge on any atom is 0.387 e. The average molecular weight is 302 g/mol. The van der Waals surface area contributed by atoms with Gasteiger partial charge in [-0.25, -0.2) is 0 Å². The first-order valence-corrected chi connectivity index (χ1v) is 6.37. The van der Waals surface area contributed by atoms with Crippen LogP contribution < -0.4 is 15.8 Å². The number of nitrogens with one attached hydrogen (secondary N) is 1. The van der Waals surface area contributed by atoms with Crippen LogP contribution in [0, 0.1) is 5.92 Å². The summed E-state index contributed by atoms with van der Waals surface area (Å²) in [6, 6.07) is 5.06. The third-order valence-corrected chi connectivity index (χ3v) is 2.84. The SMILES string of the molecule is CC(C)C(NC(=O)c1cccc(OC(F)F)c1)C(N)=S. The summed E-state index contributed by atoms with van der Waals surface area (Å²) in [6.07, 6.45) is 0. The fourth-order valence-corrected chi connectivity index (χ4v) is 1.94. The molecule has 0 aliphatic rings. The van der Waals surface area contributed by atoms with Crippen molar-refractivity contribution in [3.05, 3.63) is 29.8 Å². The Morgan fingerprint density at radius 1 is 1.40 bits per heavy atom. The molecule has 0 aromatic heterocycles. The minimum Gasteiger partial charge on any atom is -0.435 e. The smallest absolute Gasteiger partial charge is 0.387 e. The predicted molar refractivity (Wildman–Crippen MR) is 76.0 cm³/mol. The van der Waals surface area contributed by atoms with Gasteiger partial charge in [0.2, 0.25) is 0 Å². The molecule has 4 nitrogen and oxygen atoms in total. The lowest BCUT2D eigenvalue weighted by molar-refractivity contribution is -0.0498. The lowest BCUT2D eigenvalue weighted by atomic mass is 10.0. The molecule has 110 valence electrons. The molecule has 0 aliphatic carbocycles. The van der Waals surface area contributed by atoms with Crippen molar-refractivity contribution in [1.29, 1.82) is 0 Å². The van der Waals surface area contributed by atoms with Crippen molar-refractivity contribution in [3.63, 3.8) is 0 Å². The van der Waals surface area contributed by atoms with Crippen LogP contribution >= 0.6 is 12.2 Å². The largest absolute Gasteiger partial charge is 0.435 e. The molecule has 1 rings (SSSR count). The highest BCUT2D eigenvalue weighted by atomic mass is 32.1. The number of hydrogen-bond acceptors (Lipinski definition) is 3. The van der Waals surface area contributed by atoms with Gasteiger partial charge in [0.05, 0.1) is 11.0 Å². The van der Waals surface area contributed by atoms with Gasteiger partial charge in [0.1, 0.15) is 5.75 Å². The van der Waals surface area contributed by atoms with Crippen molar-refractivity contribution in [1.82, 2.24) is 5.32 Å². The van der Waals surface area contributed by atoms with E-state index in [9.17, 15) is 13.6 Å². The highest BCUT2D eigenvalue weighted by molar-refractivity contribution is 7.80. The van der Waals surface area contributed by atoms with E-state index in [1.807, 2.05) is 13.8 Å². The van der Waals surface area contributed by atoms with Crippen LogP contribution in [0.25, 0.3) is 0 Å². The van der Waals surface area contributed by atoms with E-state index < -0.39 is 18.6 Å². The van der Waals surface area contributed by atoms with Crippen molar-refractivity contribution in [2.45, 2.75) is 26.5 Å². The monoisotopic (exact) mass is 302 g/mol. The Bertz CT molecular complexity index is 495. The number of thiocarbonyl (C=S) groups is 1. The molecule has 1 amide bonds. The number of amides is 1. The summed E-state index contributed by atoms with van der Waals surface area (Å²) in [6.45, 7) is 0.786. The van der Waals surface area contributed by atoms with Crippen molar-refractivity contribution in [2.24, 2.45) is 11.7 Å². The summed E-state index contributed by atoms with van der Waals surface area (Å²) >= 11 is 4.88. The molecule has 1 atom stereocenters. The lowest BCUT2D eigenvalue weighted by Gasteiger charge is -2.21. The van der Waals surface area contributed by atoms with Gasteiger partial charge < -0.3 is 15.8 Å². The maximum absolute atomic E-state index is 12.1. The number of carbonyl (C=O) groups is 1. The number of alkyl halides is 2. The number of ether oxygens (including phenoxy) is 1. The van der Waals surface area contributed by atoms with Crippen LogP contribution in [0.3, 0.4) is 0 Å². The van der Waals surface area contributed by atoms with Crippen molar-refractivity contribution < 1.29 is 18.3 Å². The predicted octanol–water partition coefficient (Wildman–Crippen LogP) is 2.33. The molecular formula is C13H16F2N2O2S. The highest BCUT2D eigenvalue weighted by Gasteiger charge is 2.20. The molecule has 3 N–H and O–H groups in total. The quantitative estimate of drug-likeness (QED) is 0.792. The van der Waals surface area contributed by atoms with Crippen molar-refractivity contribution in [2.75, 3.05) is 0 Å². The summed E-state index contributed by atoms with van der Waals surface area (Å²) in [7, 11) is 0. The fraction of sp³-hybridized carbons (Fsp3) is 0.385. The van der Waals surface area contributed by atoms with E-state index in [0.717, 1.165) is 0 Å². The standard InChI is InChI=1S/C13H16F2N2O2S/c1-7(2)10(11(16)20)17-12(18)8-4-3-5-9(6-8)19-13(14)15/h3-7,10,13H,1-2H3,(H2,16,20)(H,17,18). The van der Waals surface area contributed by atoms with E-state index in [1.165, 1.54) is 24.3 Å². The van der Waals surface area contributed by atoms with Crippen molar-refractivity contribution in [3.8, 4) is 5.75 Å². The van der Waals surface area contributed by atoms with Crippen LogP contribution in [0.5, 0.6) is 5.75 Å². The molecule has 0 spiro atoms. The van der Waals surface area contributed by atoms with Crippen molar-refractivity contribution >= 4 is 23.1 Å². The topological polar surface area (TPSA) is 64.3 Å². The molecule has 0 radical (unpaired) electrons. The molecule has 0 saturated heterocycles. The number of rotatable bonds is 6. The van der Waals surface area contributed by atoms with Gasteiger partial charge in [-0.1, -0.05) is 32.1 Å². The molecule has 0 saturated carbocycles. The van der Waals surface area contributed by atoms with Crippen LogP contribution in [0.15, 0.2) is 24.3 Å². The minimum atomic E-state index is -2.94. The van der Waals surface area contributed by atoms with Gasteiger partial charge in [-0.3, -0.25) is 4.79 Å². The Morgan fingerprint density at radius 2 is 2.05 bits per heavy atom. The van der Waals surface area contributed by atoms with Gasteiger partial charge in [-0.05, 0) is 24.1 Å². The number of benzene rings is 1. The maximum atomic E-state index is 12.1. The Hall–Kier alpha value is -1.76. The van der Waals surface area contributed by atoms with E-state index in [1.54, 1.807) is 0 Å². The third-order valence-electron chi connectivity index (χ3n) is 2.58. The Morgan fingerprint density at radius 3 is 2.55 bits per heavy atom. The fourth-order valence-electron chi connectivity index (χ4n) is 1.60. The van der Waals surface area contributed by atoms with E-state index in [4.69, 9.17) is 18.0 Å². The van der Waals surface area contributed by atoms with Crippen LogP contribution in [0.2, 0.25) is 0 Å². The summed E-state index contributed by atoms with van der Waals surface area (Å²) in [4.78, 5) is 12.2. The van der Waals surface area contributed by atoms with E-state index in [2.05, 4.69) is 10.1 Å². The lowest BCUT2D eigenvalue weighted by Crippen LogP contribution is -2.46. The Labute approximate surface area is 121 Å². The second-order valence-electron chi connectivity index (χ2n) is 4.50. The molecule has 0 heterocycles. The van der Waals surface area contributed by atoms with Gasteiger partial charge in [0.15, 0.2) is 0 Å². The zero-order chi connectivity index (χ0) is 15.3. The van der Waals surface area contributed by atoms with Gasteiger partial charge in [0.25, 0.3) is 5.91 Å². The number of carbonyl (C=O) groups excluding carboxylic acids is 1. The summed E-state index contributed by atoms with van der Waals surface area (Å²) in [5.41, 5.74) is 5.75. The molecule has 20 heavy (non-hydrogen) atoms. The van der Waals surface area contributed by atoms with Crippen LogP contribution in [0.1, 0.15) is 24.2 Å². The molecule has 1 unspecified atom stereocenters. The van der Waals surface area contributed by atoms with Gasteiger partial charge in [-0.15, -0.1) is 0 Å². The first-order valence-electron chi connectivity index (χ1n) is 5.96. The average Bonchev–Trinajstić information content (AvgIpc) is 2.34. The van der Waals surface area contributed by atoms with Gasteiger partial charge in [0, 0.05) is 5.56 Å². The Balaban J connectivity index is 2.84. The first-order chi connectivity index (χ1) is 9.31. The van der Waals surface area contributed by atoms with E-state index in [-0.39, 0.29) is 22.2 Å². The summed E-state index contributed by atoms with van der Waals surface area (Å²) in [5.74, 6) is -0.503. The van der Waals surface area contributed by atoms with Crippen LogP contribution in [-0.2, 0) is 0 Å². The van der Waals surface area contributed by atoms with Gasteiger partial charge >= 0.3 is 6.61 Å². The number of halogens is 2. The highest BCUT2D eigenvalue weighted by Crippen LogP contribution is 2.16. The van der Waals surface area contributed by atoms with Crippen LogP contribution in [-0.4, -0.2) is 23.5 Å². The third kappa shape index (κ3) is 4.73. The molecule has 7 heteroatoms. The summed E-state index contributed by atoms with van der Waals surface area (Å²) < 4.78 is 28.5. The molecular weight excluding hydrogens is 286 g/mol. The van der Waals surface area contributed by atoms with E-state index >= 15 is 0 Å². The second kappa shape index (κ2) is 7.14. The molecule has 1 aromatic rings. The zero-order valence-electron chi connectivity index (χ0n) is 11.1. The first kappa shape index (κ1) is 16.3. The second-order valence-corrected chi connectivity index (χ2v) is 4.98.